The van der Waals surface area contributed by atoms with E-state index in [0.29, 0.717) is 0 Å². The quantitative estimate of drug-likeness (QED) is 0.686. The fraction of sp³-hybridized carbons (Fsp3) is 0.154. The molecule has 0 saturated heterocycles. The summed E-state index contributed by atoms with van der Waals surface area (Å²) in [5, 5.41) is 0. The Hall–Kier alpha value is -2.16. The van der Waals surface area contributed by atoms with Gasteiger partial charge in [0, 0.05) is 18.4 Å². The molecule has 1 aliphatic heterocycles. The van der Waals surface area contributed by atoms with E-state index in [1.165, 1.54) is 11.3 Å². The van der Waals surface area contributed by atoms with Gasteiger partial charge in [-0.15, -0.1) is 0 Å². The maximum absolute atomic E-state index is 8.74. The van der Waals surface area contributed by atoms with Gasteiger partial charge in [0.25, 0.3) is 0 Å². The molecule has 21 heavy (non-hydrogen) atoms. The number of benzene rings is 1. The first-order valence-corrected chi connectivity index (χ1v) is 7.52. The van der Waals surface area contributed by atoms with Crippen LogP contribution in [-0.4, -0.2) is 29.1 Å². The van der Waals surface area contributed by atoms with Crippen molar-refractivity contribution in [3.8, 4) is 0 Å². The molecule has 2 aromatic rings. The lowest BCUT2D eigenvalue weighted by molar-refractivity contribution is 0.381. The van der Waals surface area contributed by atoms with Crippen molar-refractivity contribution in [1.29, 1.82) is 0 Å². The molecule has 0 atom stereocenters. The molecular weight excluding hydrogens is 294 g/mol. The van der Waals surface area contributed by atoms with Crippen LogP contribution in [0.5, 0.6) is 0 Å². The number of hydrogen-bond acceptors (Lipinski definition) is 5. The summed E-state index contributed by atoms with van der Waals surface area (Å²) < 4.78 is 31.6. The van der Waals surface area contributed by atoms with Gasteiger partial charge in [-0.3, -0.25) is 9.11 Å². The molecule has 0 aliphatic carbocycles. The molecule has 3 rings (SSSR count). The fourth-order valence-corrected chi connectivity index (χ4v) is 2.19. The minimum absolute atomic E-state index is 0.735. The van der Waals surface area contributed by atoms with Crippen molar-refractivity contribution in [1.82, 2.24) is 4.98 Å². The zero-order chi connectivity index (χ0) is 15.5. The number of rotatable bonds is 1. The monoisotopic (exact) mass is 309 g/mol. The highest BCUT2D eigenvalue weighted by Gasteiger charge is 2.21. The lowest BCUT2D eigenvalue weighted by atomic mass is 10.2. The second kappa shape index (κ2) is 6.08. The second-order valence-electron chi connectivity index (χ2n) is 4.39. The van der Waals surface area contributed by atoms with Gasteiger partial charge in [0.15, 0.2) is 5.82 Å². The molecule has 2 heterocycles. The van der Waals surface area contributed by atoms with Gasteiger partial charge in [-0.05, 0) is 30.2 Å². The van der Waals surface area contributed by atoms with E-state index in [2.05, 4.69) is 34.1 Å². The number of nitrogens with two attached hydrogens (primary N) is 1. The van der Waals surface area contributed by atoms with Crippen molar-refractivity contribution in [2.45, 2.75) is 6.42 Å². The normalized spacial score (nSPS) is 13.3. The van der Waals surface area contributed by atoms with E-state index in [0.717, 1.165) is 24.5 Å². The Morgan fingerprint density at radius 2 is 1.81 bits per heavy atom. The molecule has 7 nitrogen and oxygen atoms in total. The van der Waals surface area contributed by atoms with Crippen LogP contribution in [0.1, 0.15) is 5.56 Å². The Morgan fingerprint density at radius 1 is 1.14 bits per heavy atom. The number of nitrogens with zero attached hydrogens (tertiary/aromatic N) is 2. The van der Waals surface area contributed by atoms with E-state index in [9.17, 15) is 0 Å². The number of fused-ring (bicyclic) bond motifs is 1. The number of pyridine rings is 1. The average molecular weight is 309 g/mol. The number of hydrogen-bond donors (Lipinski definition) is 3. The summed E-state index contributed by atoms with van der Waals surface area (Å²) in [6, 6.07) is 12.2. The number of para-hydroxylation sites is 1. The van der Waals surface area contributed by atoms with Gasteiger partial charge in [0.1, 0.15) is 0 Å². The SMILES string of the molecule is Nc1cccnc1N1CCc2ccccc21.O=S(=O)(O)O. The van der Waals surface area contributed by atoms with Gasteiger partial charge < -0.3 is 10.6 Å². The van der Waals surface area contributed by atoms with E-state index in [-0.39, 0.29) is 0 Å². The largest absolute Gasteiger partial charge is 0.396 e. The third-order valence-electron chi connectivity index (χ3n) is 2.96. The van der Waals surface area contributed by atoms with E-state index < -0.39 is 10.4 Å². The lowest BCUT2D eigenvalue weighted by Crippen LogP contribution is -2.16. The minimum Gasteiger partial charge on any atom is -0.396 e. The Kier molecular flexibility index (Phi) is 4.41. The van der Waals surface area contributed by atoms with Crippen LogP contribution in [-0.2, 0) is 16.8 Å². The van der Waals surface area contributed by atoms with Crippen molar-refractivity contribution in [2.24, 2.45) is 0 Å². The highest BCUT2D eigenvalue weighted by molar-refractivity contribution is 7.79. The molecule has 0 fully saturated rings. The topological polar surface area (TPSA) is 117 Å². The van der Waals surface area contributed by atoms with Crippen LogP contribution in [0.4, 0.5) is 17.2 Å². The molecule has 0 radical (unpaired) electrons. The number of aromatic nitrogens is 1. The summed E-state index contributed by atoms with van der Waals surface area (Å²) in [5.74, 6) is 0.868. The highest BCUT2D eigenvalue weighted by Crippen LogP contribution is 2.35. The third-order valence-corrected chi connectivity index (χ3v) is 2.96. The molecule has 0 bridgehead atoms. The van der Waals surface area contributed by atoms with Gasteiger partial charge in [0.05, 0.1) is 5.69 Å². The Labute approximate surface area is 122 Å². The summed E-state index contributed by atoms with van der Waals surface area (Å²) in [6.45, 7) is 0.959. The van der Waals surface area contributed by atoms with Crippen molar-refractivity contribution in [2.75, 3.05) is 17.2 Å². The fourth-order valence-electron chi connectivity index (χ4n) is 2.19. The van der Waals surface area contributed by atoms with Crippen molar-refractivity contribution >= 4 is 27.6 Å². The van der Waals surface area contributed by atoms with Crippen LogP contribution in [0.25, 0.3) is 0 Å². The van der Waals surface area contributed by atoms with Crippen molar-refractivity contribution in [3.63, 3.8) is 0 Å². The maximum atomic E-state index is 8.74. The molecular formula is C13H15N3O4S. The van der Waals surface area contributed by atoms with Gasteiger partial charge in [-0.1, -0.05) is 18.2 Å². The van der Waals surface area contributed by atoms with Crippen LogP contribution >= 0.6 is 0 Å². The van der Waals surface area contributed by atoms with E-state index >= 15 is 0 Å². The van der Waals surface area contributed by atoms with Gasteiger partial charge in [-0.2, -0.15) is 8.42 Å². The molecule has 0 spiro atoms. The van der Waals surface area contributed by atoms with Gasteiger partial charge in [0.2, 0.25) is 0 Å². The molecule has 1 aliphatic rings. The smallest absolute Gasteiger partial charge is 0.394 e. The van der Waals surface area contributed by atoms with E-state index in [1.807, 2.05) is 12.1 Å². The number of nitrogen functional groups attached to an aromatic ring is 1. The molecule has 1 aromatic heterocycles. The molecule has 0 amide bonds. The van der Waals surface area contributed by atoms with E-state index in [1.54, 1.807) is 6.20 Å². The zero-order valence-electron chi connectivity index (χ0n) is 11.0. The predicted octanol–water partition coefficient (Wildman–Crippen LogP) is 1.71. The van der Waals surface area contributed by atoms with Crippen LogP contribution in [0, 0.1) is 0 Å². The first-order valence-electron chi connectivity index (χ1n) is 6.12. The summed E-state index contributed by atoms with van der Waals surface area (Å²) in [6.07, 6.45) is 2.85. The van der Waals surface area contributed by atoms with Gasteiger partial charge >= 0.3 is 10.4 Å². The number of anilines is 3. The standard InChI is InChI=1S/C13H13N3.H2O4S/c14-11-5-3-8-15-13(11)16-9-7-10-4-1-2-6-12(10)16;1-5(2,3)4/h1-6,8H,7,9,14H2;(H2,1,2,3,4). The Bertz CT molecular complexity index is 726. The molecule has 0 unspecified atom stereocenters. The molecule has 1 aromatic carbocycles. The first kappa shape index (κ1) is 15.2. The highest BCUT2D eigenvalue weighted by atomic mass is 32.3. The summed E-state index contributed by atoms with van der Waals surface area (Å²) >= 11 is 0. The summed E-state index contributed by atoms with van der Waals surface area (Å²) in [7, 11) is -4.67. The molecule has 0 saturated carbocycles. The van der Waals surface area contributed by atoms with Gasteiger partial charge in [-0.25, -0.2) is 4.98 Å². The summed E-state index contributed by atoms with van der Waals surface area (Å²) in [5.41, 5.74) is 9.29. The Morgan fingerprint density at radius 3 is 2.48 bits per heavy atom. The molecule has 8 heteroatoms. The minimum atomic E-state index is -4.67. The zero-order valence-corrected chi connectivity index (χ0v) is 11.9. The third kappa shape index (κ3) is 4.15. The van der Waals surface area contributed by atoms with Crippen LogP contribution < -0.4 is 10.6 Å². The van der Waals surface area contributed by atoms with Crippen molar-refractivity contribution < 1.29 is 17.5 Å². The second-order valence-corrected chi connectivity index (χ2v) is 5.29. The van der Waals surface area contributed by atoms with Crippen LogP contribution in [0.15, 0.2) is 42.6 Å². The van der Waals surface area contributed by atoms with Crippen LogP contribution in [0.2, 0.25) is 0 Å². The van der Waals surface area contributed by atoms with Crippen molar-refractivity contribution in [3.05, 3.63) is 48.2 Å². The Balaban J connectivity index is 0.000000282. The maximum Gasteiger partial charge on any atom is 0.394 e. The lowest BCUT2D eigenvalue weighted by Gasteiger charge is -2.19. The summed E-state index contributed by atoms with van der Waals surface area (Å²) in [4.78, 5) is 6.55. The molecule has 112 valence electrons. The first-order chi connectivity index (χ1) is 9.86. The predicted molar refractivity (Wildman–Crippen MR) is 80.0 cm³/mol. The molecule has 4 N–H and O–H groups in total. The average Bonchev–Trinajstić information content (AvgIpc) is 2.81. The van der Waals surface area contributed by atoms with Crippen LogP contribution in [0.3, 0.4) is 0 Å². The van der Waals surface area contributed by atoms with E-state index in [4.69, 9.17) is 23.3 Å².